The Morgan fingerprint density at radius 1 is 1.12 bits per heavy atom. The molecule has 0 heterocycles. The second-order valence-electron chi connectivity index (χ2n) is 3.80. The summed E-state index contributed by atoms with van der Waals surface area (Å²) in [4.78, 5) is 0. The summed E-state index contributed by atoms with van der Waals surface area (Å²) in [6, 6.07) is 15.2. The fourth-order valence-corrected chi connectivity index (χ4v) is 2.02. The van der Waals surface area contributed by atoms with E-state index in [4.69, 9.17) is 0 Å². The number of hydrogen-bond acceptors (Lipinski definition) is 1. The Labute approximate surface area is 109 Å². The van der Waals surface area contributed by atoms with Gasteiger partial charge in [-0.2, -0.15) is 4.74 Å². The molecule has 0 aliphatic heterocycles. The molecule has 0 bridgehead atoms. The van der Waals surface area contributed by atoms with Crippen molar-refractivity contribution in [2.75, 3.05) is 0 Å². The summed E-state index contributed by atoms with van der Waals surface area (Å²) < 4.78 is 1.86. The third kappa shape index (κ3) is 2.94. The molecule has 86 valence electrons. The predicted molar refractivity (Wildman–Crippen MR) is 73.8 cm³/mol. The first-order valence-electron chi connectivity index (χ1n) is 5.29. The first kappa shape index (κ1) is 11.9. The maximum Gasteiger partial charge on any atom is 0.219 e. The van der Waals surface area contributed by atoms with E-state index in [-0.39, 0.29) is 0 Å². The van der Waals surface area contributed by atoms with Crippen LogP contribution in [0.4, 0.5) is 5.69 Å². The molecule has 0 fully saturated rings. The van der Waals surface area contributed by atoms with Crippen molar-refractivity contribution in [1.82, 2.24) is 0 Å². The summed E-state index contributed by atoms with van der Waals surface area (Å²) in [7, 11) is 0. The number of nitrogens with zero attached hydrogens (tertiary/aromatic N) is 1. The quantitative estimate of drug-likeness (QED) is 0.355. The molecule has 2 aromatic carbocycles. The van der Waals surface area contributed by atoms with Gasteiger partial charge in [-0.3, -0.25) is 0 Å². The molecule has 0 saturated carbocycles. The van der Waals surface area contributed by atoms with Crippen LogP contribution in [0, 0.1) is 12.1 Å². The molecule has 0 N–H and O–H groups in total. The van der Waals surface area contributed by atoms with Gasteiger partial charge in [0.2, 0.25) is 5.69 Å². The first-order valence-corrected chi connectivity index (χ1v) is 6.08. The highest BCUT2D eigenvalue weighted by Crippen LogP contribution is 2.17. The van der Waals surface area contributed by atoms with E-state index in [1.807, 2.05) is 55.5 Å². The fraction of sp³-hybridized carbons (Fsp3) is 0.0714. The van der Waals surface area contributed by atoms with Crippen LogP contribution < -0.4 is 0 Å². The van der Waals surface area contributed by atoms with Gasteiger partial charge < -0.3 is 5.21 Å². The van der Waals surface area contributed by atoms with Gasteiger partial charge in [-0.1, -0.05) is 40.2 Å². The van der Waals surface area contributed by atoms with Crippen LogP contribution in [-0.2, 0) is 0 Å². The number of benzene rings is 2. The highest BCUT2D eigenvalue weighted by atomic mass is 79.9. The predicted octanol–water partition coefficient (Wildman–Crippen LogP) is 4.02. The lowest BCUT2D eigenvalue weighted by Gasteiger charge is -2.05. The molecule has 0 radical (unpaired) electrons. The number of hydrogen-bond donors (Lipinski definition) is 0. The molecule has 0 amide bonds. The van der Waals surface area contributed by atoms with Crippen molar-refractivity contribution in [2.45, 2.75) is 6.92 Å². The Bertz CT molecular complexity index is 564. The minimum atomic E-state index is 0.674. The Morgan fingerprint density at radius 2 is 1.88 bits per heavy atom. The third-order valence-corrected chi connectivity index (χ3v) is 2.96. The molecule has 0 atom stereocenters. The van der Waals surface area contributed by atoms with E-state index < -0.39 is 0 Å². The van der Waals surface area contributed by atoms with Gasteiger partial charge >= 0.3 is 0 Å². The van der Waals surface area contributed by atoms with Crippen molar-refractivity contribution in [3.8, 4) is 0 Å². The zero-order valence-electron chi connectivity index (χ0n) is 9.43. The summed E-state index contributed by atoms with van der Waals surface area (Å²) in [5.74, 6) is 0. The van der Waals surface area contributed by atoms with Gasteiger partial charge in [0.05, 0.1) is 0 Å². The molecule has 0 unspecified atom stereocenters. The molecule has 0 saturated heterocycles. The summed E-state index contributed by atoms with van der Waals surface area (Å²) >= 11 is 3.38. The van der Waals surface area contributed by atoms with Gasteiger partial charge in [0, 0.05) is 21.7 Å². The maximum atomic E-state index is 12.0. The van der Waals surface area contributed by atoms with Crippen LogP contribution in [0.15, 0.2) is 53.0 Å². The van der Waals surface area contributed by atoms with Crippen molar-refractivity contribution in [2.24, 2.45) is 0 Å². The lowest BCUT2D eigenvalue weighted by Crippen LogP contribution is -2.00. The Balaban J connectivity index is 2.38. The SMILES string of the molecule is Cc1ccccc1[N+]([O-])=Cc1cccc(Br)c1. The van der Waals surface area contributed by atoms with Gasteiger partial charge in [-0.15, -0.1) is 0 Å². The van der Waals surface area contributed by atoms with Crippen molar-refractivity contribution in [3.63, 3.8) is 0 Å². The molecule has 3 heteroatoms. The van der Waals surface area contributed by atoms with Crippen LogP contribution >= 0.6 is 15.9 Å². The van der Waals surface area contributed by atoms with Gasteiger partial charge in [-0.05, 0) is 25.1 Å². The highest BCUT2D eigenvalue weighted by Gasteiger charge is 2.05. The van der Waals surface area contributed by atoms with Crippen LogP contribution in [0.5, 0.6) is 0 Å². The summed E-state index contributed by atoms with van der Waals surface area (Å²) in [5, 5.41) is 12.0. The lowest BCUT2D eigenvalue weighted by atomic mass is 10.2. The molecule has 0 aromatic heterocycles. The van der Waals surface area contributed by atoms with E-state index in [1.54, 1.807) is 6.21 Å². The Morgan fingerprint density at radius 3 is 2.59 bits per heavy atom. The molecular formula is C14H12BrNO. The van der Waals surface area contributed by atoms with Gasteiger partial charge in [0.25, 0.3) is 0 Å². The monoisotopic (exact) mass is 289 g/mol. The third-order valence-electron chi connectivity index (χ3n) is 2.47. The van der Waals surface area contributed by atoms with E-state index in [9.17, 15) is 5.21 Å². The lowest BCUT2D eigenvalue weighted by molar-refractivity contribution is -0.355. The largest absolute Gasteiger partial charge is 0.618 e. The van der Waals surface area contributed by atoms with Crippen LogP contribution in [0.2, 0.25) is 0 Å². The number of halogens is 1. The average molecular weight is 290 g/mol. The maximum absolute atomic E-state index is 12.0. The van der Waals surface area contributed by atoms with Crippen LogP contribution in [0.1, 0.15) is 11.1 Å². The number of aryl methyl sites for hydroxylation is 1. The van der Waals surface area contributed by atoms with E-state index in [1.165, 1.54) is 0 Å². The summed E-state index contributed by atoms with van der Waals surface area (Å²) in [6.07, 6.45) is 1.58. The van der Waals surface area contributed by atoms with Crippen molar-refractivity contribution in [3.05, 3.63) is 69.3 Å². The fourth-order valence-electron chi connectivity index (χ4n) is 1.60. The van der Waals surface area contributed by atoms with Crippen molar-refractivity contribution >= 4 is 27.8 Å². The van der Waals surface area contributed by atoms with E-state index >= 15 is 0 Å². The highest BCUT2D eigenvalue weighted by molar-refractivity contribution is 9.10. The van der Waals surface area contributed by atoms with Crippen molar-refractivity contribution in [1.29, 1.82) is 0 Å². The van der Waals surface area contributed by atoms with Crippen LogP contribution in [0.3, 0.4) is 0 Å². The van der Waals surface area contributed by atoms with E-state index in [0.717, 1.165) is 20.3 Å². The minimum Gasteiger partial charge on any atom is -0.618 e. The van der Waals surface area contributed by atoms with Gasteiger partial charge in [0.15, 0.2) is 6.21 Å². The minimum absolute atomic E-state index is 0.674. The standard InChI is InChI=1S/C14H12BrNO/c1-11-5-2-3-8-14(11)16(17)10-12-6-4-7-13(15)9-12/h2-10H,1H3. The molecular weight excluding hydrogens is 278 g/mol. The second kappa shape index (κ2) is 5.15. The van der Waals surface area contributed by atoms with Gasteiger partial charge in [0.1, 0.15) is 0 Å². The van der Waals surface area contributed by atoms with Crippen molar-refractivity contribution < 1.29 is 4.74 Å². The zero-order chi connectivity index (χ0) is 12.3. The van der Waals surface area contributed by atoms with Crippen LogP contribution in [0.25, 0.3) is 0 Å². The second-order valence-corrected chi connectivity index (χ2v) is 4.71. The molecule has 2 aromatic rings. The molecule has 2 nitrogen and oxygen atoms in total. The summed E-state index contributed by atoms with van der Waals surface area (Å²) in [5.41, 5.74) is 2.51. The van der Waals surface area contributed by atoms with Crippen LogP contribution in [-0.4, -0.2) is 11.0 Å². The normalized spacial score (nSPS) is 11.5. The first-order chi connectivity index (χ1) is 8.16. The summed E-state index contributed by atoms with van der Waals surface area (Å²) in [6.45, 7) is 1.93. The molecule has 0 aliphatic carbocycles. The molecule has 17 heavy (non-hydrogen) atoms. The van der Waals surface area contributed by atoms with E-state index in [2.05, 4.69) is 15.9 Å². The van der Waals surface area contributed by atoms with E-state index in [0.29, 0.717) is 5.69 Å². The van der Waals surface area contributed by atoms with Gasteiger partial charge in [-0.25, -0.2) is 0 Å². The number of rotatable bonds is 2. The zero-order valence-corrected chi connectivity index (χ0v) is 11.0. The Hall–Kier alpha value is -1.61. The average Bonchev–Trinajstić information content (AvgIpc) is 2.29. The Kier molecular flexibility index (Phi) is 3.59. The molecule has 0 spiro atoms. The smallest absolute Gasteiger partial charge is 0.219 e. The topological polar surface area (TPSA) is 26.1 Å². The molecule has 2 rings (SSSR count). The number of para-hydroxylation sites is 1. The molecule has 0 aliphatic rings.